The van der Waals surface area contributed by atoms with Crippen molar-refractivity contribution in [2.24, 2.45) is 5.92 Å². The second kappa shape index (κ2) is 5.57. The average Bonchev–Trinajstić information content (AvgIpc) is 2.51. The molecule has 2 atom stereocenters. The summed E-state index contributed by atoms with van der Waals surface area (Å²) in [5, 5.41) is 0. The van der Waals surface area contributed by atoms with Crippen LogP contribution in [-0.2, 0) is 13.1 Å². The summed E-state index contributed by atoms with van der Waals surface area (Å²) in [6.07, 6.45) is 1.08. The van der Waals surface area contributed by atoms with Gasteiger partial charge in [0.05, 0.1) is 0 Å². The van der Waals surface area contributed by atoms with E-state index in [1.54, 1.807) is 6.07 Å². The summed E-state index contributed by atoms with van der Waals surface area (Å²) in [5.74, 6) is -0.322. The fourth-order valence-electron chi connectivity index (χ4n) is 4.02. The molecule has 2 aliphatic rings. The minimum absolute atomic E-state index is 0.0650. The van der Waals surface area contributed by atoms with Gasteiger partial charge in [0.25, 0.3) is 5.56 Å². The first-order valence-electron chi connectivity index (χ1n) is 7.96. The van der Waals surface area contributed by atoms with Crippen LogP contribution in [0.2, 0.25) is 0 Å². The van der Waals surface area contributed by atoms with Gasteiger partial charge in [0.2, 0.25) is 0 Å². The molecule has 5 heteroatoms. The number of likely N-dealkylation sites (tertiary alicyclic amines) is 1. The number of fused-ring (bicyclic) bond motifs is 4. The number of hydrogen-bond donors (Lipinski definition) is 0. The summed E-state index contributed by atoms with van der Waals surface area (Å²) in [7, 11) is 0. The average molecular weight is 316 g/mol. The SMILES string of the molecule is O=c1cccc2n1C[C@@H]1C[C@H]2CN(Cc2ccc(F)cc2F)C1. The van der Waals surface area contributed by atoms with Gasteiger partial charge in [-0.3, -0.25) is 9.69 Å². The molecule has 2 bridgehead atoms. The fourth-order valence-corrected chi connectivity index (χ4v) is 4.02. The van der Waals surface area contributed by atoms with Crippen LogP contribution in [0, 0.1) is 17.6 Å². The van der Waals surface area contributed by atoms with Crippen LogP contribution in [0.3, 0.4) is 0 Å². The van der Waals surface area contributed by atoms with Crippen LogP contribution in [-0.4, -0.2) is 22.6 Å². The van der Waals surface area contributed by atoms with Gasteiger partial charge < -0.3 is 4.57 Å². The summed E-state index contributed by atoms with van der Waals surface area (Å²) in [6, 6.07) is 9.20. The third kappa shape index (κ3) is 2.70. The van der Waals surface area contributed by atoms with Crippen LogP contribution in [0.15, 0.2) is 41.2 Å². The number of piperidine rings is 1. The Hall–Kier alpha value is -2.01. The third-order valence-corrected chi connectivity index (χ3v) is 4.96. The topological polar surface area (TPSA) is 25.2 Å². The zero-order valence-electron chi connectivity index (χ0n) is 12.7. The maximum Gasteiger partial charge on any atom is 0.250 e. The van der Waals surface area contributed by atoms with Crippen molar-refractivity contribution in [1.29, 1.82) is 0 Å². The summed E-state index contributed by atoms with van der Waals surface area (Å²) in [5.41, 5.74) is 1.67. The molecule has 2 aliphatic heterocycles. The highest BCUT2D eigenvalue weighted by Gasteiger charge is 2.34. The van der Waals surface area contributed by atoms with E-state index in [-0.39, 0.29) is 5.56 Å². The van der Waals surface area contributed by atoms with Crippen molar-refractivity contribution in [3.63, 3.8) is 0 Å². The van der Waals surface area contributed by atoms with Crippen LogP contribution in [0.25, 0.3) is 0 Å². The number of benzene rings is 1. The minimum atomic E-state index is -0.546. The van der Waals surface area contributed by atoms with E-state index >= 15 is 0 Å². The molecule has 0 radical (unpaired) electrons. The van der Waals surface area contributed by atoms with Gasteiger partial charge in [0.1, 0.15) is 11.6 Å². The van der Waals surface area contributed by atoms with Crippen LogP contribution in [0.4, 0.5) is 8.78 Å². The molecule has 0 amide bonds. The van der Waals surface area contributed by atoms with E-state index in [1.165, 1.54) is 12.1 Å². The molecule has 0 N–H and O–H groups in total. The van der Waals surface area contributed by atoms with Crippen LogP contribution < -0.4 is 5.56 Å². The van der Waals surface area contributed by atoms with Crippen LogP contribution in [0.5, 0.6) is 0 Å². The second-order valence-corrected chi connectivity index (χ2v) is 6.63. The molecule has 0 unspecified atom stereocenters. The fraction of sp³-hybridized carbons (Fsp3) is 0.389. The van der Waals surface area contributed by atoms with E-state index in [0.717, 1.165) is 37.8 Å². The van der Waals surface area contributed by atoms with Gasteiger partial charge >= 0.3 is 0 Å². The highest BCUT2D eigenvalue weighted by Crippen LogP contribution is 2.35. The Morgan fingerprint density at radius 1 is 1.09 bits per heavy atom. The van der Waals surface area contributed by atoms with Crippen molar-refractivity contribution >= 4 is 0 Å². The van der Waals surface area contributed by atoms with Crippen molar-refractivity contribution in [3.05, 3.63) is 69.6 Å². The number of rotatable bonds is 2. The first-order chi connectivity index (χ1) is 11.1. The Labute approximate surface area is 133 Å². The molecule has 23 heavy (non-hydrogen) atoms. The Morgan fingerprint density at radius 2 is 1.96 bits per heavy atom. The first-order valence-corrected chi connectivity index (χ1v) is 7.96. The lowest BCUT2D eigenvalue weighted by Crippen LogP contribution is -2.46. The molecular formula is C18H18F2N2O. The van der Waals surface area contributed by atoms with E-state index < -0.39 is 11.6 Å². The van der Waals surface area contributed by atoms with Crippen molar-refractivity contribution in [3.8, 4) is 0 Å². The molecule has 1 saturated heterocycles. The smallest absolute Gasteiger partial charge is 0.250 e. The van der Waals surface area contributed by atoms with Crippen molar-refractivity contribution < 1.29 is 8.78 Å². The van der Waals surface area contributed by atoms with E-state index in [9.17, 15) is 13.6 Å². The van der Waals surface area contributed by atoms with Gasteiger partial charge in [0, 0.05) is 55.5 Å². The second-order valence-electron chi connectivity index (χ2n) is 6.63. The van der Waals surface area contributed by atoms with E-state index in [1.807, 2.05) is 16.7 Å². The minimum Gasteiger partial charge on any atom is -0.312 e. The Morgan fingerprint density at radius 3 is 2.78 bits per heavy atom. The number of nitrogens with zero attached hydrogens (tertiary/aromatic N) is 2. The molecule has 0 saturated carbocycles. The van der Waals surface area contributed by atoms with Gasteiger partial charge in [0.15, 0.2) is 0 Å². The monoisotopic (exact) mass is 316 g/mol. The number of hydrogen-bond acceptors (Lipinski definition) is 2. The van der Waals surface area contributed by atoms with E-state index in [0.29, 0.717) is 23.9 Å². The molecule has 0 aliphatic carbocycles. The lowest BCUT2D eigenvalue weighted by Gasteiger charge is -2.42. The Kier molecular flexibility index (Phi) is 3.53. The molecule has 3 nitrogen and oxygen atoms in total. The summed E-state index contributed by atoms with van der Waals surface area (Å²) in [6.45, 7) is 2.86. The quantitative estimate of drug-likeness (QED) is 0.851. The zero-order valence-corrected chi connectivity index (χ0v) is 12.7. The third-order valence-electron chi connectivity index (χ3n) is 4.96. The number of pyridine rings is 1. The lowest BCUT2D eigenvalue weighted by atomic mass is 9.83. The normalized spacial score (nSPS) is 23.6. The largest absolute Gasteiger partial charge is 0.312 e. The molecule has 2 aromatic rings. The molecule has 0 spiro atoms. The molecule has 1 aromatic heterocycles. The van der Waals surface area contributed by atoms with E-state index in [2.05, 4.69) is 4.90 Å². The molecule has 1 fully saturated rings. The van der Waals surface area contributed by atoms with Crippen molar-refractivity contribution in [1.82, 2.24) is 9.47 Å². The summed E-state index contributed by atoms with van der Waals surface area (Å²) >= 11 is 0. The van der Waals surface area contributed by atoms with Crippen LogP contribution in [0.1, 0.15) is 23.6 Å². The highest BCUT2D eigenvalue weighted by atomic mass is 19.1. The maximum absolute atomic E-state index is 13.9. The Bertz CT molecular complexity index is 802. The standard InChI is InChI=1S/C18H18F2N2O/c19-15-5-4-13(16(20)7-15)10-21-8-12-6-14(11-21)17-2-1-3-18(23)22(17)9-12/h1-5,7,12,14H,6,8-11H2/t12-,14+/m1/s1. The predicted molar refractivity (Wildman–Crippen MR) is 83.2 cm³/mol. The zero-order chi connectivity index (χ0) is 16.0. The van der Waals surface area contributed by atoms with Gasteiger partial charge in [-0.25, -0.2) is 8.78 Å². The van der Waals surface area contributed by atoms with Crippen molar-refractivity contribution in [2.75, 3.05) is 13.1 Å². The maximum atomic E-state index is 13.9. The van der Waals surface area contributed by atoms with Gasteiger partial charge in [-0.15, -0.1) is 0 Å². The number of halogens is 2. The van der Waals surface area contributed by atoms with Crippen molar-refractivity contribution in [2.45, 2.75) is 25.4 Å². The summed E-state index contributed by atoms with van der Waals surface area (Å²) in [4.78, 5) is 14.2. The lowest BCUT2D eigenvalue weighted by molar-refractivity contribution is 0.113. The molecule has 4 rings (SSSR count). The van der Waals surface area contributed by atoms with Gasteiger partial charge in [-0.05, 0) is 24.5 Å². The van der Waals surface area contributed by atoms with Gasteiger partial charge in [-0.1, -0.05) is 12.1 Å². The molecule has 120 valence electrons. The van der Waals surface area contributed by atoms with Gasteiger partial charge in [-0.2, -0.15) is 0 Å². The predicted octanol–water partition coefficient (Wildman–Crippen LogP) is 2.75. The van der Waals surface area contributed by atoms with E-state index in [4.69, 9.17) is 0 Å². The number of aromatic nitrogens is 1. The Balaban J connectivity index is 1.57. The van der Waals surface area contributed by atoms with Crippen LogP contribution >= 0.6 is 0 Å². The molecule has 3 heterocycles. The first kappa shape index (κ1) is 14.6. The highest BCUT2D eigenvalue weighted by molar-refractivity contribution is 5.20. The molecule has 1 aromatic carbocycles. The summed E-state index contributed by atoms with van der Waals surface area (Å²) < 4.78 is 28.8. The molecular weight excluding hydrogens is 298 g/mol.